The summed E-state index contributed by atoms with van der Waals surface area (Å²) in [4.78, 5) is 29.0. The van der Waals surface area contributed by atoms with E-state index in [1.165, 1.54) is 11.6 Å². The molecule has 0 fully saturated rings. The van der Waals surface area contributed by atoms with Crippen molar-refractivity contribution in [1.29, 1.82) is 0 Å². The molecule has 0 saturated heterocycles. The monoisotopic (exact) mass is 372 g/mol. The molecule has 0 spiro atoms. The van der Waals surface area contributed by atoms with Crippen LogP contribution in [0.25, 0.3) is 11.2 Å². The number of imidazole rings is 1. The lowest BCUT2D eigenvalue weighted by Gasteiger charge is -2.06. The lowest BCUT2D eigenvalue weighted by atomic mass is 10.2. The smallest absolute Gasteiger partial charge is 0.299 e. The fourth-order valence-corrected chi connectivity index (χ4v) is 2.68. The van der Waals surface area contributed by atoms with Crippen molar-refractivity contribution in [1.82, 2.24) is 18.7 Å². The van der Waals surface area contributed by atoms with Gasteiger partial charge in [0.25, 0.3) is 5.56 Å². The van der Waals surface area contributed by atoms with Gasteiger partial charge in [-0.25, -0.2) is 10.2 Å². The van der Waals surface area contributed by atoms with E-state index in [-0.39, 0.29) is 5.65 Å². The zero-order valence-electron chi connectivity index (χ0n) is 14.3. The van der Waals surface area contributed by atoms with Crippen molar-refractivity contribution < 1.29 is 0 Å². The number of benzene rings is 1. The highest BCUT2D eigenvalue weighted by Gasteiger charge is 2.18. The fraction of sp³-hybridized carbons (Fsp3) is 0.176. The van der Waals surface area contributed by atoms with Crippen molar-refractivity contribution in [2.45, 2.75) is 6.54 Å². The minimum Gasteiger partial charge on any atom is -0.299 e. The van der Waals surface area contributed by atoms with E-state index in [4.69, 9.17) is 11.6 Å². The summed E-state index contributed by atoms with van der Waals surface area (Å²) in [6.07, 6.45) is 3.24. The van der Waals surface area contributed by atoms with Gasteiger partial charge in [0, 0.05) is 25.7 Å². The Morgan fingerprint density at radius 3 is 2.58 bits per heavy atom. The number of hydrazone groups is 1. The second-order valence-electron chi connectivity index (χ2n) is 5.63. The number of allylic oxidation sites excluding steroid dienone is 1. The zero-order chi connectivity index (χ0) is 18.8. The Morgan fingerprint density at radius 2 is 1.92 bits per heavy atom. The molecule has 9 heteroatoms. The Balaban J connectivity index is 2.06. The lowest BCUT2D eigenvalue weighted by molar-refractivity contribution is 0.703. The van der Waals surface area contributed by atoms with Gasteiger partial charge >= 0.3 is 5.69 Å². The van der Waals surface area contributed by atoms with Crippen LogP contribution in [0.5, 0.6) is 0 Å². The van der Waals surface area contributed by atoms with Crippen molar-refractivity contribution in [3.8, 4) is 0 Å². The van der Waals surface area contributed by atoms with Gasteiger partial charge in [-0.2, -0.15) is 10.1 Å². The summed E-state index contributed by atoms with van der Waals surface area (Å²) < 4.78 is 4.00. The molecule has 0 aliphatic rings. The second kappa shape index (κ2) is 7.01. The topological polar surface area (TPSA) is 86.2 Å². The van der Waals surface area contributed by atoms with Crippen molar-refractivity contribution in [2.24, 2.45) is 19.2 Å². The number of nitrogens with one attached hydrogen (secondary N) is 1. The van der Waals surface area contributed by atoms with E-state index in [9.17, 15) is 9.59 Å². The van der Waals surface area contributed by atoms with Gasteiger partial charge in [-0.15, -0.1) is 6.58 Å². The maximum absolute atomic E-state index is 12.5. The molecule has 3 rings (SSSR count). The van der Waals surface area contributed by atoms with E-state index in [1.54, 1.807) is 36.0 Å². The van der Waals surface area contributed by atoms with Gasteiger partial charge in [0.05, 0.1) is 6.21 Å². The normalized spacial score (nSPS) is 11.3. The molecule has 0 amide bonds. The van der Waals surface area contributed by atoms with Crippen molar-refractivity contribution >= 4 is 34.9 Å². The van der Waals surface area contributed by atoms with Crippen LogP contribution in [0.2, 0.25) is 5.02 Å². The Morgan fingerprint density at radius 1 is 1.23 bits per heavy atom. The summed E-state index contributed by atoms with van der Waals surface area (Å²) in [7, 11) is 3.00. The Labute approximate surface area is 153 Å². The molecular weight excluding hydrogens is 356 g/mol. The average molecular weight is 373 g/mol. The zero-order valence-corrected chi connectivity index (χ0v) is 15.1. The molecule has 0 bridgehead atoms. The van der Waals surface area contributed by atoms with Crippen LogP contribution in [0.15, 0.2) is 51.6 Å². The van der Waals surface area contributed by atoms with Crippen LogP contribution >= 0.6 is 11.6 Å². The highest BCUT2D eigenvalue weighted by Crippen LogP contribution is 2.15. The Hall–Kier alpha value is -3.13. The molecule has 0 unspecified atom stereocenters. The number of nitrogens with zero attached hydrogens (tertiary/aromatic N) is 5. The molecule has 1 N–H and O–H groups in total. The van der Waals surface area contributed by atoms with Crippen LogP contribution in [0.3, 0.4) is 0 Å². The third-order valence-corrected chi connectivity index (χ3v) is 4.16. The van der Waals surface area contributed by atoms with Crippen LogP contribution in [0.1, 0.15) is 5.56 Å². The summed E-state index contributed by atoms with van der Waals surface area (Å²) >= 11 is 5.86. The van der Waals surface area contributed by atoms with E-state index in [0.29, 0.717) is 23.0 Å². The van der Waals surface area contributed by atoms with Crippen molar-refractivity contribution in [3.05, 3.63) is 68.3 Å². The molecule has 2 heterocycles. The highest BCUT2D eigenvalue weighted by molar-refractivity contribution is 6.30. The van der Waals surface area contributed by atoms with Gasteiger partial charge in [-0.1, -0.05) is 29.8 Å². The van der Waals surface area contributed by atoms with Crippen LogP contribution in [-0.2, 0) is 20.6 Å². The first-order valence-corrected chi connectivity index (χ1v) is 8.13. The maximum atomic E-state index is 12.5. The summed E-state index contributed by atoms with van der Waals surface area (Å²) in [5.74, 6) is 0.336. The predicted molar refractivity (Wildman–Crippen MR) is 103 cm³/mol. The summed E-state index contributed by atoms with van der Waals surface area (Å²) in [5, 5.41) is 4.79. The molecule has 0 aliphatic carbocycles. The number of hydrogen-bond donors (Lipinski definition) is 1. The first kappa shape index (κ1) is 17.7. The number of aryl methyl sites for hydroxylation is 1. The fourth-order valence-electron chi connectivity index (χ4n) is 2.55. The minimum absolute atomic E-state index is 0.282. The first-order valence-electron chi connectivity index (χ1n) is 7.76. The van der Waals surface area contributed by atoms with E-state index in [1.807, 2.05) is 12.1 Å². The molecule has 134 valence electrons. The van der Waals surface area contributed by atoms with E-state index in [0.717, 1.165) is 10.1 Å². The number of anilines is 1. The van der Waals surface area contributed by atoms with E-state index < -0.39 is 11.2 Å². The molecule has 0 atom stereocenters. The molecular formula is C17H17ClN6O2. The SMILES string of the molecule is C=CCn1c(N/N=C/c2ccc(Cl)cc2)nc2c1c(=O)n(C)c(=O)n2C. The van der Waals surface area contributed by atoms with Crippen LogP contribution < -0.4 is 16.7 Å². The molecule has 26 heavy (non-hydrogen) atoms. The Bertz CT molecular complexity index is 1120. The lowest BCUT2D eigenvalue weighted by Crippen LogP contribution is -2.37. The van der Waals surface area contributed by atoms with Crippen molar-refractivity contribution in [3.63, 3.8) is 0 Å². The Kier molecular flexibility index (Phi) is 4.77. The number of halogens is 1. The third-order valence-electron chi connectivity index (χ3n) is 3.91. The quantitative estimate of drug-likeness (QED) is 0.420. The number of rotatable bonds is 5. The standard InChI is InChI=1S/C17H17ClN6O2/c1-4-9-24-13-14(22(2)17(26)23(3)15(13)25)20-16(24)21-19-10-11-5-7-12(18)8-6-11/h4-8,10H,1,9H2,2-3H3,(H,20,21)/b19-10+. The molecule has 1 aromatic carbocycles. The molecule has 0 radical (unpaired) electrons. The van der Waals surface area contributed by atoms with Crippen LogP contribution in [0, 0.1) is 0 Å². The molecule has 2 aromatic heterocycles. The van der Waals surface area contributed by atoms with Gasteiger partial charge in [-0.3, -0.25) is 18.5 Å². The molecule has 8 nitrogen and oxygen atoms in total. The maximum Gasteiger partial charge on any atom is 0.332 e. The molecule has 0 saturated carbocycles. The third kappa shape index (κ3) is 3.06. The van der Waals surface area contributed by atoms with Gasteiger partial charge in [0.2, 0.25) is 5.95 Å². The number of hydrogen-bond acceptors (Lipinski definition) is 5. The van der Waals surface area contributed by atoms with Gasteiger partial charge in [0.15, 0.2) is 11.2 Å². The highest BCUT2D eigenvalue weighted by atomic mass is 35.5. The minimum atomic E-state index is -0.443. The van der Waals surface area contributed by atoms with Crippen molar-refractivity contribution in [2.75, 3.05) is 5.43 Å². The molecule has 0 aliphatic heterocycles. The van der Waals surface area contributed by atoms with E-state index in [2.05, 4.69) is 22.1 Å². The van der Waals surface area contributed by atoms with Gasteiger partial charge in [0.1, 0.15) is 0 Å². The van der Waals surface area contributed by atoms with Crippen LogP contribution in [0.4, 0.5) is 5.95 Å². The summed E-state index contributed by atoms with van der Waals surface area (Å²) in [6.45, 7) is 4.04. The van der Waals surface area contributed by atoms with Gasteiger partial charge in [-0.05, 0) is 17.7 Å². The van der Waals surface area contributed by atoms with Gasteiger partial charge < -0.3 is 0 Å². The summed E-state index contributed by atoms with van der Waals surface area (Å²) in [5.41, 5.74) is 3.38. The predicted octanol–water partition coefficient (Wildman–Crippen LogP) is 1.72. The van der Waals surface area contributed by atoms with E-state index >= 15 is 0 Å². The molecule has 3 aromatic rings. The number of fused-ring (bicyclic) bond motifs is 1. The number of aromatic nitrogens is 4. The largest absolute Gasteiger partial charge is 0.332 e. The van der Waals surface area contributed by atoms with Crippen LogP contribution in [-0.4, -0.2) is 24.9 Å². The first-order chi connectivity index (χ1) is 12.4. The second-order valence-corrected chi connectivity index (χ2v) is 6.07. The average Bonchev–Trinajstić information content (AvgIpc) is 2.99. The summed E-state index contributed by atoms with van der Waals surface area (Å²) in [6, 6.07) is 7.16.